The van der Waals surface area contributed by atoms with Crippen LogP contribution in [0.4, 0.5) is 4.79 Å². The fraction of sp³-hybridized carbons (Fsp3) is 0.500. The molecule has 108 valence electrons. The molecular formula is C14H19N3O3. The van der Waals surface area contributed by atoms with Gasteiger partial charge in [0.25, 0.3) is 0 Å². The Morgan fingerprint density at radius 1 is 1.50 bits per heavy atom. The Morgan fingerprint density at radius 2 is 2.20 bits per heavy atom. The predicted molar refractivity (Wildman–Crippen MR) is 73.3 cm³/mol. The summed E-state index contributed by atoms with van der Waals surface area (Å²) >= 11 is 0. The SMILES string of the molecule is CC1CC1CN(C)C(=O)NCc1ccc(C(=O)O)nc1. The van der Waals surface area contributed by atoms with Crippen molar-refractivity contribution in [3.63, 3.8) is 0 Å². The van der Waals surface area contributed by atoms with E-state index < -0.39 is 5.97 Å². The molecule has 0 saturated heterocycles. The number of hydrogen-bond acceptors (Lipinski definition) is 3. The predicted octanol–water partition coefficient (Wildman–Crippen LogP) is 1.58. The molecule has 6 nitrogen and oxygen atoms in total. The number of rotatable bonds is 5. The zero-order valence-electron chi connectivity index (χ0n) is 11.7. The maximum absolute atomic E-state index is 11.9. The quantitative estimate of drug-likeness (QED) is 0.856. The summed E-state index contributed by atoms with van der Waals surface area (Å²) in [5.74, 6) is 0.291. The van der Waals surface area contributed by atoms with Crippen LogP contribution in [0.3, 0.4) is 0 Å². The third kappa shape index (κ3) is 3.69. The molecule has 2 unspecified atom stereocenters. The van der Waals surface area contributed by atoms with Crippen molar-refractivity contribution in [2.24, 2.45) is 11.8 Å². The van der Waals surface area contributed by atoms with Gasteiger partial charge in [-0.3, -0.25) is 0 Å². The number of pyridine rings is 1. The first-order chi connectivity index (χ1) is 9.47. The minimum Gasteiger partial charge on any atom is -0.477 e. The normalized spacial score (nSPS) is 20.3. The van der Waals surface area contributed by atoms with E-state index in [0.29, 0.717) is 12.5 Å². The highest BCUT2D eigenvalue weighted by Crippen LogP contribution is 2.37. The Bertz CT molecular complexity index is 501. The smallest absolute Gasteiger partial charge is 0.354 e. The van der Waals surface area contributed by atoms with Crippen LogP contribution in [0.5, 0.6) is 0 Å². The van der Waals surface area contributed by atoms with E-state index in [-0.39, 0.29) is 11.7 Å². The minimum atomic E-state index is -1.06. The van der Waals surface area contributed by atoms with Gasteiger partial charge in [0.1, 0.15) is 5.69 Å². The number of nitrogens with one attached hydrogen (secondary N) is 1. The van der Waals surface area contributed by atoms with E-state index in [1.54, 1.807) is 18.0 Å². The fourth-order valence-corrected chi connectivity index (χ4v) is 2.06. The van der Waals surface area contributed by atoms with Crippen LogP contribution in [0.15, 0.2) is 18.3 Å². The highest BCUT2D eigenvalue weighted by atomic mass is 16.4. The van der Waals surface area contributed by atoms with E-state index in [1.165, 1.54) is 18.7 Å². The van der Waals surface area contributed by atoms with Crippen LogP contribution < -0.4 is 5.32 Å². The molecule has 1 aromatic rings. The van der Waals surface area contributed by atoms with Gasteiger partial charge >= 0.3 is 12.0 Å². The number of carbonyl (C=O) groups excluding carboxylic acids is 1. The number of aromatic nitrogens is 1. The second-order valence-corrected chi connectivity index (χ2v) is 5.37. The third-order valence-electron chi connectivity index (χ3n) is 3.62. The number of carbonyl (C=O) groups is 2. The summed E-state index contributed by atoms with van der Waals surface area (Å²) < 4.78 is 0. The van der Waals surface area contributed by atoms with Gasteiger partial charge in [0, 0.05) is 26.3 Å². The van der Waals surface area contributed by atoms with E-state index in [4.69, 9.17) is 5.11 Å². The van der Waals surface area contributed by atoms with Crippen LogP contribution in [0, 0.1) is 11.8 Å². The monoisotopic (exact) mass is 277 g/mol. The summed E-state index contributed by atoms with van der Waals surface area (Å²) in [5.41, 5.74) is 0.774. The van der Waals surface area contributed by atoms with Crippen molar-refractivity contribution >= 4 is 12.0 Å². The third-order valence-corrected chi connectivity index (χ3v) is 3.62. The molecule has 1 aliphatic carbocycles. The largest absolute Gasteiger partial charge is 0.477 e. The van der Waals surface area contributed by atoms with E-state index in [0.717, 1.165) is 18.0 Å². The van der Waals surface area contributed by atoms with Crippen LogP contribution in [0.1, 0.15) is 29.4 Å². The van der Waals surface area contributed by atoms with Gasteiger partial charge in [0.15, 0.2) is 0 Å². The zero-order valence-corrected chi connectivity index (χ0v) is 11.7. The van der Waals surface area contributed by atoms with Crippen molar-refractivity contribution in [1.82, 2.24) is 15.2 Å². The number of hydrogen-bond donors (Lipinski definition) is 2. The van der Waals surface area contributed by atoms with E-state index in [9.17, 15) is 9.59 Å². The van der Waals surface area contributed by atoms with Gasteiger partial charge in [0.05, 0.1) is 0 Å². The lowest BCUT2D eigenvalue weighted by atomic mass is 10.2. The molecule has 0 aromatic carbocycles. The van der Waals surface area contributed by atoms with Crippen molar-refractivity contribution in [3.05, 3.63) is 29.6 Å². The Labute approximate surface area is 117 Å². The lowest BCUT2D eigenvalue weighted by molar-refractivity contribution is 0.0690. The standard InChI is InChI=1S/C14H19N3O3/c1-9-5-11(9)8-17(2)14(20)16-7-10-3-4-12(13(18)19)15-6-10/h3-4,6,9,11H,5,7-8H2,1-2H3,(H,16,20)(H,18,19). The minimum absolute atomic E-state index is 0.0000782. The first kappa shape index (κ1) is 14.3. The van der Waals surface area contributed by atoms with Crippen molar-refractivity contribution in [2.45, 2.75) is 19.9 Å². The van der Waals surface area contributed by atoms with Crippen molar-refractivity contribution in [2.75, 3.05) is 13.6 Å². The van der Waals surface area contributed by atoms with Crippen LogP contribution in [0.2, 0.25) is 0 Å². The number of nitrogens with zero attached hydrogens (tertiary/aromatic N) is 2. The van der Waals surface area contributed by atoms with Gasteiger partial charge in [-0.25, -0.2) is 14.6 Å². The van der Waals surface area contributed by atoms with Crippen LogP contribution in [-0.4, -0.2) is 40.6 Å². The maximum Gasteiger partial charge on any atom is 0.354 e. The van der Waals surface area contributed by atoms with Crippen molar-refractivity contribution in [1.29, 1.82) is 0 Å². The number of carboxylic acids is 1. The second-order valence-electron chi connectivity index (χ2n) is 5.37. The summed E-state index contributed by atoms with van der Waals surface area (Å²) in [6, 6.07) is 2.96. The van der Waals surface area contributed by atoms with Gasteiger partial charge in [-0.05, 0) is 29.9 Å². The van der Waals surface area contributed by atoms with Crippen LogP contribution >= 0.6 is 0 Å². The first-order valence-corrected chi connectivity index (χ1v) is 6.64. The summed E-state index contributed by atoms with van der Waals surface area (Å²) in [7, 11) is 1.78. The lowest BCUT2D eigenvalue weighted by Crippen LogP contribution is -2.38. The molecule has 1 aliphatic rings. The first-order valence-electron chi connectivity index (χ1n) is 6.64. The molecule has 0 bridgehead atoms. The lowest BCUT2D eigenvalue weighted by Gasteiger charge is -2.17. The Balaban J connectivity index is 1.78. The van der Waals surface area contributed by atoms with E-state index in [1.807, 2.05) is 0 Å². The topological polar surface area (TPSA) is 82.5 Å². The van der Waals surface area contributed by atoms with Crippen LogP contribution in [-0.2, 0) is 6.54 Å². The Hall–Kier alpha value is -2.11. The molecule has 2 rings (SSSR count). The molecule has 0 spiro atoms. The maximum atomic E-state index is 11.9. The molecule has 2 N–H and O–H groups in total. The number of amides is 2. The number of aromatic carboxylic acids is 1. The summed E-state index contributed by atoms with van der Waals surface area (Å²) in [5, 5.41) is 11.5. The summed E-state index contributed by atoms with van der Waals surface area (Å²) in [4.78, 5) is 28.0. The molecule has 6 heteroatoms. The van der Waals surface area contributed by atoms with Gasteiger partial charge in [-0.2, -0.15) is 0 Å². The molecule has 1 heterocycles. The fourth-order valence-electron chi connectivity index (χ4n) is 2.06. The molecule has 0 radical (unpaired) electrons. The highest BCUT2D eigenvalue weighted by Gasteiger charge is 2.34. The molecule has 0 aliphatic heterocycles. The molecule has 20 heavy (non-hydrogen) atoms. The highest BCUT2D eigenvalue weighted by molar-refractivity contribution is 5.85. The average molecular weight is 277 g/mol. The van der Waals surface area contributed by atoms with E-state index >= 15 is 0 Å². The number of urea groups is 1. The van der Waals surface area contributed by atoms with Crippen molar-refractivity contribution in [3.8, 4) is 0 Å². The average Bonchev–Trinajstić information content (AvgIpc) is 3.11. The van der Waals surface area contributed by atoms with Gasteiger partial charge in [-0.1, -0.05) is 13.0 Å². The molecule has 2 atom stereocenters. The zero-order chi connectivity index (χ0) is 14.7. The Morgan fingerprint density at radius 3 is 2.70 bits per heavy atom. The Kier molecular flexibility index (Phi) is 4.22. The summed E-state index contributed by atoms with van der Waals surface area (Å²) in [6.45, 7) is 3.31. The molecule has 1 aromatic heterocycles. The number of carboxylic acid groups (broad SMARTS) is 1. The van der Waals surface area contributed by atoms with Gasteiger partial charge in [-0.15, -0.1) is 0 Å². The molecular weight excluding hydrogens is 258 g/mol. The molecule has 1 saturated carbocycles. The summed E-state index contributed by atoms with van der Waals surface area (Å²) in [6.07, 6.45) is 2.66. The van der Waals surface area contributed by atoms with Gasteiger partial charge < -0.3 is 15.3 Å². The van der Waals surface area contributed by atoms with E-state index in [2.05, 4.69) is 17.2 Å². The molecule has 1 fully saturated rings. The van der Waals surface area contributed by atoms with Gasteiger partial charge in [0.2, 0.25) is 0 Å². The second kappa shape index (κ2) is 5.90. The van der Waals surface area contributed by atoms with Crippen molar-refractivity contribution < 1.29 is 14.7 Å². The van der Waals surface area contributed by atoms with Crippen LogP contribution in [0.25, 0.3) is 0 Å². The molecule has 2 amide bonds.